The lowest BCUT2D eigenvalue weighted by Gasteiger charge is -2.63. The van der Waals surface area contributed by atoms with Crippen molar-refractivity contribution in [2.24, 2.45) is 52.1 Å². The molecule has 4 fully saturated rings. The Morgan fingerprint density at radius 1 is 1.02 bits per heavy atom. The van der Waals surface area contributed by atoms with Crippen molar-refractivity contribution < 1.29 is 15.0 Å². The van der Waals surface area contributed by atoms with E-state index in [1.54, 1.807) is 0 Å². The molecule has 0 aromatic carbocycles. The lowest BCUT2D eigenvalue weighted by molar-refractivity contribution is -0.202. The Bertz CT molecular complexity index is 856. The Balaban J connectivity index is 1.36. The first-order valence-corrected chi connectivity index (χ1v) is 17.2. The molecule has 238 valence electrons. The van der Waals surface area contributed by atoms with E-state index in [1.807, 2.05) is 13.8 Å². The van der Waals surface area contributed by atoms with Crippen molar-refractivity contribution in [1.82, 2.24) is 15.5 Å². The summed E-state index contributed by atoms with van der Waals surface area (Å²) in [6.45, 7) is 15.1. The molecular weight excluding hydrogens is 512 g/mol. The second-order valence-corrected chi connectivity index (χ2v) is 15.6. The molecule has 4 aliphatic rings. The van der Waals surface area contributed by atoms with Gasteiger partial charge in [0, 0.05) is 18.5 Å². The van der Waals surface area contributed by atoms with Crippen LogP contribution >= 0.6 is 0 Å². The van der Waals surface area contributed by atoms with Crippen LogP contribution in [0, 0.1) is 46.3 Å². The molecule has 0 bridgehead atoms. The number of aliphatic hydroxyl groups excluding tert-OH is 2. The zero-order valence-electron chi connectivity index (χ0n) is 27.2. The van der Waals surface area contributed by atoms with Crippen LogP contribution in [0.4, 0.5) is 0 Å². The summed E-state index contributed by atoms with van der Waals surface area (Å²) in [4.78, 5) is 14.7. The average molecular weight is 577 g/mol. The first-order chi connectivity index (χ1) is 19.4. The fraction of sp³-hybridized carbons (Fsp3) is 0.971. The number of carbonyl (C=O) groups excluding carboxylic acids is 1. The molecule has 4 unspecified atom stereocenters. The van der Waals surface area contributed by atoms with Crippen molar-refractivity contribution in [3.63, 3.8) is 0 Å². The van der Waals surface area contributed by atoms with Crippen molar-refractivity contribution >= 4 is 5.91 Å². The molecular formula is C34H64N4O3. The number of nitrogens with two attached hydrogens (primary N) is 1. The van der Waals surface area contributed by atoms with Crippen LogP contribution in [0.2, 0.25) is 0 Å². The molecule has 11 atom stereocenters. The Morgan fingerprint density at radius 2 is 1.76 bits per heavy atom. The molecule has 41 heavy (non-hydrogen) atoms. The van der Waals surface area contributed by atoms with Crippen molar-refractivity contribution in [3.8, 4) is 0 Å². The zero-order chi connectivity index (χ0) is 29.9. The molecule has 0 heterocycles. The van der Waals surface area contributed by atoms with Gasteiger partial charge in [0.25, 0.3) is 0 Å². The monoisotopic (exact) mass is 576 g/mol. The van der Waals surface area contributed by atoms with E-state index in [4.69, 9.17) is 5.73 Å². The summed E-state index contributed by atoms with van der Waals surface area (Å²) in [6.07, 6.45) is 10.5. The summed E-state index contributed by atoms with van der Waals surface area (Å²) in [5, 5.41) is 30.5. The summed E-state index contributed by atoms with van der Waals surface area (Å²) < 4.78 is 0. The summed E-state index contributed by atoms with van der Waals surface area (Å²) in [5.41, 5.74) is 5.68. The topological polar surface area (TPSA) is 111 Å². The molecule has 1 amide bonds. The maximum Gasteiger partial charge on any atom is 0.220 e. The predicted molar refractivity (Wildman–Crippen MR) is 167 cm³/mol. The van der Waals surface area contributed by atoms with E-state index in [2.05, 4.69) is 43.4 Å². The molecule has 7 nitrogen and oxygen atoms in total. The minimum Gasteiger partial charge on any atom is -0.393 e. The minimum absolute atomic E-state index is 0.136. The maximum atomic E-state index is 12.4. The van der Waals surface area contributed by atoms with Crippen LogP contribution in [-0.2, 0) is 4.79 Å². The van der Waals surface area contributed by atoms with Gasteiger partial charge in [0.2, 0.25) is 5.91 Å². The van der Waals surface area contributed by atoms with Gasteiger partial charge in [0.1, 0.15) is 0 Å². The molecule has 4 saturated carbocycles. The number of hydrogen-bond acceptors (Lipinski definition) is 6. The van der Waals surface area contributed by atoms with Crippen LogP contribution in [-0.4, -0.2) is 78.5 Å². The van der Waals surface area contributed by atoms with E-state index >= 15 is 0 Å². The van der Waals surface area contributed by atoms with E-state index in [9.17, 15) is 15.0 Å². The first-order valence-electron chi connectivity index (χ1n) is 17.2. The fourth-order valence-electron chi connectivity index (χ4n) is 10.4. The Morgan fingerprint density at radius 3 is 2.46 bits per heavy atom. The summed E-state index contributed by atoms with van der Waals surface area (Å²) in [7, 11) is 2.19. The van der Waals surface area contributed by atoms with E-state index in [1.165, 1.54) is 12.8 Å². The van der Waals surface area contributed by atoms with E-state index in [0.29, 0.717) is 48.0 Å². The smallest absolute Gasteiger partial charge is 0.220 e. The number of aliphatic hydroxyl groups is 2. The SMILES string of the molecule is CC(C)NC(=O)CC[C@@H](C)[C@H]1CCC2C3C(C[C@H](O)[C@@]21C)[C@@]1(C)CC[C@H](NCCCN(C)CCCN)CC1C[C@H]3O. The van der Waals surface area contributed by atoms with E-state index < -0.39 is 0 Å². The highest BCUT2D eigenvalue weighted by molar-refractivity contribution is 5.76. The number of hydrogen-bond donors (Lipinski definition) is 5. The second-order valence-electron chi connectivity index (χ2n) is 15.6. The first kappa shape index (κ1) is 33.2. The highest BCUT2D eigenvalue weighted by atomic mass is 16.3. The number of nitrogens with zero attached hydrogens (tertiary/aromatic N) is 1. The largest absolute Gasteiger partial charge is 0.393 e. The molecule has 0 aromatic heterocycles. The van der Waals surface area contributed by atoms with Gasteiger partial charge in [-0.05, 0) is 158 Å². The highest BCUT2D eigenvalue weighted by Crippen LogP contribution is 2.68. The molecule has 0 aliphatic heterocycles. The number of carbonyl (C=O) groups is 1. The summed E-state index contributed by atoms with van der Waals surface area (Å²) in [5.74, 6) is 2.50. The van der Waals surface area contributed by atoms with Crippen molar-refractivity contribution in [3.05, 3.63) is 0 Å². The third kappa shape index (κ3) is 7.00. The minimum atomic E-state index is -0.330. The molecule has 7 heteroatoms. The van der Waals surface area contributed by atoms with Gasteiger partial charge in [-0.2, -0.15) is 0 Å². The lowest BCUT2D eigenvalue weighted by Crippen LogP contribution is -2.62. The zero-order valence-corrected chi connectivity index (χ0v) is 27.2. The van der Waals surface area contributed by atoms with E-state index in [0.717, 1.165) is 77.5 Å². The number of fused-ring (bicyclic) bond motifs is 5. The van der Waals surface area contributed by atoms with Gasteiger partial charge < -0.3 is 31.5 Å². The quantitative estimate of drug-likeness (QED) is 0.211. The molecule has 6 N–H and O–H groups in total. The van der Waals surface area contributed by atoms with E-state index in [-0.39, 0.29) is 35.0 Å². The normalized spacial score (nSPS) is 41.1. The Hall–Kier alpha value is -0.730. The Kier molecular flexibility index (Phi) is 11.3. The van der Waals surface area contributed by atoms with Crippen molar-refractivity contribution in [2.75, 3.05) is 33.2 Å². The molecule has 0 radical (unpaired) electrons. The van der Waals surface area contributed by atoms with Crippen LogP contribution in [0.3, 0.4) is 0 Å². The molecule has 4 rings (SSSR count). The van der Waals surface area contributed by atoms with Crippen LogP contribution in [0.15, 0.2) is 0 Å². The highest BCUT2D eigenvalue weighted by Gasteiger charge is 2.65. The van der Waals surface area contributed by atoms with Gasteiger partial charge in [-0.3, -0.25) is 4.79 Å². The molecule has 0 aromatic rings. The number of nitrogens with one attached hydrogen (secondary N) is 2. The summed E-state index contributed by atoms with van der Waals surface area (Å²) in [6, 6.07) is 0.709. The van der Waals surface area contributed by atoms with Gasteiger partial charge in [-0.15, -0.1) is 0 Å². The van der Waals surface area contributed by atoms with Crippen LogP contribution in [0.25, 0.3) is 0 Å². The summed E-state index contributed by atoms with van der Waals surface area (Å²) >= 11 is 0. The van der Waals surface area contributed by atoms with Gasteiger partial charge >= 0.3 is 0 Å². The lowest BCUT2D eigenvalue weighted by atomic mass is 9.43. The van der Waals surface area contributed by atoms with Gasteiger partial charge in [-0.1, -0.05) is 20.8 Å². The molecule has 0 spiro atoms. The number of amides is 1. The average Bonchev–Trinajstić information content (AvgIpc) is 3.27. The number of rotatable bonds is 13. The van der Waals surface area contributed by atoms with Gasteiger partial charge in [0.15, 0.2) is 0 Å². The predicted octanol–water partition coefficient (Wildman–Crippen LogP) is 4.16. The second kappa shape index (κ2) is 13.9. The van der Waals surface area contributed by atoms with Crippen molar-refractivity contribution in [1.29, 1.82) is 0 Å². The fourth-order valence-corrected chi connectivity index (χ4v) is 10.4. The third-order valence-corrected chi connectivity index (χ3v) is 12.7. The molecule has 4 aliphatic carbocycles. The standard InChI is InChI=1S/C34H64N4O3/c1-22(2)37-31(41)12-9-23(3)26-10-11-27-32-28(21-30(40)34(26,27)5)33(4)14-13-25(19-24(33)20-29(32)39)36-16-8-18-38(6)17-7-15-35/h22-30,32,36,39-40H,7-21,35H2,1-6H3,(H,37,41)/t23-,24?,25+,26-,27?,28?,29-,30+,32?,33+,34-/m1/s1. The third-order valence-electron chi connectivity index (χ3n) is 12.7. The maximum absolute atomic E-state index is 12.4. The van der Waals surface area contributed by atoms with Gasteiger partial charge in [0.05, 0.1) is 12.2 Å². The van der Waals surface area contributed by atoms with Crippen molar-refractivity contribution in [2.45, 2.75) is 130 Å². The Labute approximate surface area is 251 Å². The van der Waals surface area contributed by atoms with Crippen LogP contribution in [0.5, 0.6) is 0 Å². The van der Waals surface area contributed by atoms with Crippen LogP contribution in [0.1, 0.15) is 105 Å². The molecule has 0 saturated heterocycles. The van der Waals surface area contributed by atoms with Gasteiger partial charge in [-0.25, -0.2) is 0 Å². The van der Waals surface area contributed by atoms with Crippen LogP contribution < -0.4 is 16.4 Å².